The number of benzene rings is 2. The fourth-order valence-electron chi connectivity index (χ4n) is 1.77. The van der Waals surface area contributed by atoms with Crippen LogP contribution in [0.4, 0.5) is 26.3 Å². The first-order valence-electron chi connectivity index (χ1n) is 8.32. The molecule has 4 rings (SSSR count). The first-order chi connectivity index (χ1) is 14.2. The van der Waals surface area contributed by atoms with Crippen molar-refractivity contribution < 1.29 is 62.8 Å². The standard InChI is InChI=1S/2C6H3F3O.2C5H5.Zr/c2*7-3-1-4(8)6(9)5(10)2-3;2*1-2-4-5-3-1;/h2*1-2,10H;2*1-3H,4H2;/q;;2*-1;+2. The summed E-state index contributed by atoms with van der Waals surface area (Å²) in [6.45, 7) is 0. The van der Waals surface area contributed by atoms with Crippen LogP contribution in [-0.2, 0) is 26.2 Å². The molecular formula is C22H16F6O2Zr. The van der Waals surface area contributed by atoms with E-state index in [1.807, 2.05) is 24.3 Å². The molecule has 0 fully saturated rings. The van der Waals surface area contributed by atoms with E-state index in [1.165, 1.54) is 0 Å². The first-order valence-corrected chi connectivity index (χ1v) is 8.32. The topological polar surface area (TPSA) is 40.5 Å². The number of rotatable bonds is 0. The van der Waals surface area contributed by atoms with Gasteiger partial charge in [0, 0.05) is 24.3 Å². The van der Waals surface area contributed by atoms with Gasteiger partial charge in [-0.1, -0.05) is 0 Å². The van der Waals surface area contributed by atoms with Gasteiger partial charge in [-0.3, -0.25) is 12.2 Å². The molecule has 0 aliphatic heterocycles. The van der Waals surface area contributed by atoms with Gasteiger partial charge in [0.15, 0.2) is 23.1 Å². The van der Waals surface area contributed by atoms with Gasteiger partial charge >= 0.3 is 26.2 Å². The Kier molecular flexibility index (Phi) is 14.0. The normalized spacial score (nSPS) is 12.1. The number of aromatic hydroxyl groups is 2. The van der Waals surface area contributed by atoms with Crippen molar-refractivity contribution in [3.63, 3.8) is 0 Å². The summed E-state index contributed by atoms with van der Waals surface area (Å²) in [6.07, 6.45) is 20.0. The zero-order chi connectivity index (χ0) is 22.5. The van der Waals surface area contributed by atoms with E-state index in [0.29, 0.717) is 24.3 Å². The van der Waals surface area contributed by atoms with Gasteiger partial charge in [-0.25, -0.2) is 41.9 Å². The van der Waals surface area contributed by atoms with Gasteiger partial charge in [0.1, 0.15) is 11.6 Å². The summed E-state index contributed by atoms with van der Waals surface area (Å²) < 4.78 is 72.5. The van der Waals surface area contributed by atoms with Crippen molar-refractivity contribution in [1.82, 2.24) is 0 Å². The van der Waals surface area contributed by atoms with Crippen molar-refractivity contribution >= 4 is 0 Å². The molecule has 2 aromatic carbocycles. The molecule has 0 bridgehead atoms. The van der Waals surface area contributed by atoms with Crippen LogP contribution < -0.4 is 0 Å². The molecule has 2 aliphatic carbocycles. The minimum atomic E-state index is -1.43. The number of allylic oxidation sites excluding steroid dienone is 8. The maximum absolute atomic E-state index is 12.1. The molecule has 2 aliphatic rings. The van der Waals surface area contributed by atoms with Gasteiger partial charge in [0.05, 0.1) is 0 Å². The maximum Gasteiger partial charge on any atom is 2.00 e. The van der Waals surface area contributed by atoms with Crippen LogP contribution in [0.15, 0.2) is 60.7 Å². The van der Waals surface area contributed by atoms with Crippen molar-refractivity contribution in [2.75, 3.05) is 0 Å². The Morgan fingerprint density at radius 2 is 0.968 bits per heavy atom. The third-order valence-corrected chi connectivity index (χ3v) is 3.12. The second kappa shape index (κ2) is 15.3. The molecular weight excluding hydrogens is 501 g/mol. The first kappa shape index (κ1) is 28.5. The van der Waals surface area contributed by atoms with E-state index in [1.54, 1.807) is 0 Å². The quantitative estimate of drug-likeness (QED) is 0.247. The van der Waals surface area contributed by atoms with Crippen molar-refractivity contribution in [3.8, 4) is 11.5 Å². The number of hydrogen-bond donors (Lipinski definition) is 2. The van der Waals surface area contributed by atoms with Crippen molar-refractivity contribution in [3.05, 3.63) is 108 Å². The number of phenolic OH excluding ortho intramolecular Hbond substituents is 2. The molecule has 0 spiro atoms. The summed E-state index contributed by atoms with van der Waals surface area (Å²) in [5, 5.41) is 16.9. The minimum Gasteiger partial charge on any atom is -0.505 e. The second-order valence-corrected chi connectivity index (χ2v) is 5.45. The molecule has 0 saturated heterocycles. The predicted molar refractivity (Wildman–Crippen MR) is 99.1 cm³/mol. The smallest absolute Gasteiger partial charge is 0.505 e. The van der Waals surface area contributed by atoms with E-state index >= 15 is 0 Å². The van der Waals surface area contributed by atoms with Gasteiger partial charge in [0.25, 0.3) is 0 Å². The summed E-state index contributed by atoms with van der Waals surface area (Å²) in [5.74, 6) is -9.68. The molecule has 0 aromatic heterocycles. The van der Waals surface area contributed by atoms with Crippen LogP contribution in [0.2, 0.25) is 0 Å². The van der Waals surface area contributed by atoms with E-state index in [4.69, 9.17) is 10.2 Å². The zero-order valence-electron chi connectivity index (χ0n) is 15.8. The average Bonchev–Trinajstić information content (AvgIpc) is 3.43. The van der Waals surface area contributed by atoms with Crippen LogP contribution in [0.3, 0.4) is 0 Å². The summed E-state index contributed by atoms with van der Waals surface area (Å²) in [5.41, 5.74) is 0. The Bertz CT molecular complexity index is 812. The van der Waals surface area contributed by atoms with Gasteiger partial charge in [0.2, 0.25) is 11.6 Å². The molecule has 0 amide bonds. The van der Waals surface area contributed by atoms with Crippen LogP contribution in [0.1, 0.15) is 12.8 Å². The van der Waals surface area contributed by atoms with Crippen molar-refractivity contribution in [2.24, 2.45) is 0 Å². The number of halogens is 6. The van der Waals surface area contributed by atoms with Gasteiger partial charge in [-0.2, -0.15) is 20.9 Å². The summed E-state index contributed by atoms with van der Waals surface area (Å²) in [4.78, 5) is 0. The molecule has 2 nitrogen and oxygen atoms in total. The summed E-state index contributed by atoms with van der Waals surface area (Å²) in [6, 6.07) is 1.71. The maximum atomic E-state index is 12.1. The Balaban J connectivity index is 0.000000401. The average molecular weight is 518 g/mol. The van der Waals surface area contributed by atoms with Gasteiger partial charge < -0.3 is 10.2 Å². The van der Waals surface area contributed by atoms with Crippen molar-refractivity contribution in [2.45, 2.75) is 12.8 Å². The monoisotopic (exact) mass is 516 g/mol. The SMILES string of the molecule is Oc1cc(F)cc(F)c1F.Oc1cc(F)cc(F)c1F.[C-]1=CC=CC1.[C-]1=CC=CC1.[Zr+2]. The fourth-order valence-corrected chi connectivity index (χ4v) is 1.77. The van der Waals surface area contributed by atoms with E-state index in [9.17, 15) is 26.3 Å². The summed E-state index contributed by atoms with van der Waals surface area (Å²) in [7, 11) is 0. The molecule has 0 heterocycles. The third-order valence-electron chi connectivity index (χ3n) is 3.12. The van der Waals surface area contributed by atoms with E-state index < -0.39 is 46.4 Å². The zero-order valence-corrected chi connectivity index (χ0v) is 18.3. The molecule has 0 saturated carbocycles. The Morgan fingerprint density at radius 1 is 0.613 bits per heavy atom. The minimum absolute atomic E-state index is 0. The van der Waals surface area contributed by atoms with Gasteiger partial charge in [-0.05, 0) is 0 Å². The Morgan fingerprint density at radius 3 is 1.16 bits per heavy atom. The Labute approximate surface area is 194 Å². The van der Waals surface area contributed by atoms with Crippen LogP contribution >= 0.6 is 0 Å². The van der Waals surface area contributed by atoms with Crippen LogP contribution in [0.25, 0.3) is 0 Å². The van der Waals surface area contributed by atoms with Crippen LogP contribution in [-0.4, -0.2) is 10.2 Å². The van der Waals surface area contributed by atoms with E-state index in [2.05, 4.69) is 24.3 Å². The van der Waals surface area contributed by atoms with Gasteiger partial charge in [-0.15, -0.1) is 12.8 Å². The molecule has 9 heteroatoms. The molecule has 0 atom stereocenters. The van der Waals surface area contributed by atoms with Crippen LogP contribution in [0, 0.1) is 47.1 Å². The van der Waals surface area contributed by atoms with Crippen LogP contribution in [0.5, 0.6) is 11.5 Å². The largest absolute Gasteiger partial charge is 2.00 e. The van der Waals surface area contributed by atoms with E-state index in [-0.39, 0.29) is 26.2 Å². The molecule has 0 unspecified atom stereocenters. The molecule has 2 N–H and O–H groups in total. The second-order valence-electron chi connectivity index (χ2n) is 5.45. The summed E-state index contributed by atoms with van der Waals surface area (Å²) >= 11 is 0. The molecule has 2 aromatic rings. The predicted octanol–water partition coefficient (Wildman–Crippen LogP) is 6.23. The Hall–Kier alpha value is -2.54. The molecule has 162 valence electrons. The van der Waals surface area contributed by atoms with E-state index in [0.717, 1.165) is 12.8 Å². The van der Waals surface area contributed by atoms with Crippen molar-refractivity contribution in [1.29, 1.82) is 0 Å². The molecule has 0 radical (unpaired) electrons. The number of hydrogen-bond acceptors (Lipinski definition) is 2. The fraction of sp³-hybridized carbons (Fsp3) is 0.0909. The third kappa shape index (κ3) is 11.4. The number of phenols is 2. The molecule has 31 heavy (non-hydrogen) atoms.